The van der Waals surface area contributed by atoms with Crippen LogP contribution in [0.25, 0.3) is 0 Å². The zero-order valence-electron chi connectivity index (χ0n) is 13.5. The highest BCUT2D eigenvalue weighted by molar-refractivity contribution is 8.02. The Bertz CT molecular complexity index is 897. The standard InChI is InChI=1S/C18H15N3O2S2/c1-2-23-13-8-4-3-6-11(13)10-21-17(22)15-14(20-18(21)24)12-7-5-9-19-16(12)25-15/h3-9,15H,2,10H2,1H3. The maximum Gasteiger partial charge on any atom is 0.248 e. The number of pyridine rings is 1. The first kappa shape index (κ1) is 16.2. The number of ether oxygens (including phenoxy) is 1. The summed E-state index contributed by atoms with van der Waals surface area (Å²) in [6.45, 7) is 2.85. The number of benzene rings is 1. The number of aliphatic imine (C=N–C) groups is 1. The van der Waals surface area contributed by atoms with Gasteiger partial charge in [0, 0.05) is 17.3 Å². The third kappa shape index (κ3) is 2.83. The lowest BCUT2D eigenvalue weighted by Crippen LogP contribution is -2.46. The molecule has 7 heteroatoms. The van der Waals surface area contributed by atoms with Crippen molar-refractivity contribution in [1.82, 2.24) is 9.88 Å². The molecule has 0 saturated carbocycles. The second-order valence-corrected chi connectivity index (χ2v) is 7.06. The van der Waals surface area contributed by atoms with E-state index in [9.17, 15) is 4.79 Å². The number of rotatable bonds is 4. The van der Waals surface area contributed by atoms with Crippen molar-refractivity contribution in [2.45, 2.75) is 23.7 Å². The minimum Gasteiger partial charge on any atom is -0.494 e. The molecule has 1 amide bonds. The summed E-state index contributed by atoms with van der Waals surface area (Å²) >= 11 is 6.85. The Morgan fingerprint density at radius 2 is 2.12 bits per heavy atom. The molecule has 0 fully saturated rings. The smallest absolute Gasteiger partial charge is 0.248 e. The molecule has 25 heavy (non-hydrogen) atoms. The van der Waals surface area contributed by atoms with Gasteiger partial charge in [-0.15, -0.1) is 0 Å². The number of hydrogen-bond donors (Lipinski definition) is 0. The Morgan fingerprint density at radius 1 is 1.28 bits per heavy atom. The van der Waals surface area contributed by atoms with Gasteiger partial charge >= 0.3 is 0 Å². The van der Waals surface area contributed by atoms with Crippen molar-refractivity contribution in [1.29, 1.82) is 0 Å². The van der Waals surface area contributed by atoms with Gasteiger partial charge < -0.3 is 4.74 Å². The van der Waals surface area contributed by atoms with Gasteiger partial charge in [0.1, 0.15) is 16.0 Å². The van der Waals surface area contributed by atoms with Gasteiger partial charge in [0.25, 0.3) is 0 Å². The second-order valence-electron chi connectivity index (χ2n) is 5.60. The topological polar surface area (TPSA) is 54.8 Å². The fourth-order valence-electron chi connectivity index (χ4n) is 2.92. The van der Waals surface area contributed by atoms with Crippen molar-refractivity contribution < 1.29 is 9.53 Å². The van der Waals surface area contributed by atoms with Crippen molar-refractivity contribution >= 4 is 40.7 Å². The van der Waals surface area contributed by atoms with Gasteiger partial charge in [0.05, 0.1) is 18.9 Å². The van der Waals surface area contributed by atoms with Crippen LogP contribution in [0.1, 0.15) is 18.1 Å². The van der Waals surface area contributed by atoms with Crippen molar-refractivity contribution in [3.05, 3.63) is 53.7 Å². The van der Waals surface area contributed by atoms with E-state index in [1.54, 1.807) is 11.1 Å². The van der Waals surface area contributed by atoms with Crippen LogP contribution in [-0.4, -0.2) is 38.5 Å². The molecular weight excluding hydrogens is 354 g/mol. The maximum absolute atomic E-state index is 13.0. The monoisotopic (exact) mass is 369 g/mol. The molecule has 1 aromatic carbocycles. The zero-order chi connectivity index (χ0) is 17.4. The van der Waals surface area contributed by atoms with E-state index < -0.39 is 0 Å². The maximum atomic E-state index is 13.0. The molecule has 0 N–H and O–H groups in total. The molecule has 1 aromatic heterocycles. The van der Waals surface area contributed by atoms with Crippen LogP contribution >= 0.6 is 24.0 Å². The van der Waals surface area contributed by atoms with Crippen LogP contribution in [0.5, 0.6) is 5.75 Å². The summed E-state index contributed by atoms with van der Waals surface area (Å²) in [7, 11) is 0. The van der Waals surface area contributed by atoms with E-state index >= 15 is 0 Å². The molecule has 126 valence electrons. The summed E-state index contributed by atoms with van der Waals surface area (Å²) in [6.07, 6.45) is 1.72. The van der Waals surface area contributed by atoms with E-state index in [-0.39, 0.29) is 11.2 Å². The van der Waals surface area contributed by atoms with Gasteiger partial charge in [-0.05, 0) is 37.3 Å². The van der Waals surface area contributed by atoms with E-state index in [2.05, 4.69) is 9.98 Å². The highest BCUT2D eigenvalue weighted by atomic mass is 32.2. The number of hydrogen-bond acceptors (Lipinski definition) is 5. The highest BCUT2D eigenvalue weighted by Gasteiger charge is 2.42. The normalized spacial score (nSPS) is 18.7. The molecule has 0 radical (unpaired) electrons. The van der Waals surface area contributed by atoms with E-state index in [0.717, 1.165) is 27.6 Å². The summed E-state index contributed by atoms with van der Waals surface area (Å²) in [6, 6.07) is 11.5. The molecule has 0 bridgehead atoms. The Morgan fingerprint density at radius 3 is 2.96 bits per heavy atom. The van der Waals surface area contributed by atoms with Crippen LogP contribution in [0.3, 0.4) is 0 Å². The minimum absolute atomic E-state index is 0.0516. The molecule has 0 spiro atoms. The molecule has 0 saturated heterocycles. The SMILES string of the molecule is CCOc1ccccc1CN1C(=O)C2Sc3ncccc3C2=NC1=S. The number of carbonyl (C=O) groups is 1. The quantitative estimate of drug-likeness (QED) is 0.776. The first-order valence-corrected chi connectivity index (χ1v) is 9.24. The third-order valence-electron chi connectivity index (χ3n) is 4.06. The van der Waals surface area contributed by atoms with Crippen LogP contribution in [0.2, 0.25) is 0 Å². The van der Waals surface area contributed by atoms with Crippen molar-refractivity contribution in [3.63, 3.8) is 0 Å². The average molecular weight is 369 g/mol. The van der Waals surface area contributed by atoms with E-state index in [0.29, 0.717) is 18.3 Å². The summed E-state index contributed by atoms with van der Waals surface area (Å²) in [5.41, 5.74) is 2.54. The second kappa shape index (κ2) is 6.57. The van der Waals surface area contributed by atoms with Crippen molar-refractivity contribution in [3.8, 4) is 5.75 Å². The number of fused-ring (bicyclic) bond motifs is 3. The lowest BCUT2D eigenvalue weighted by Gasteiger charge is -2.28. The molecule has 2 aromatic rings. The molecule has 4 rings (SSSR count). The number of nitrogens with zero attached hydrogens (tertiary/aromatic N) is 3. The molecule has 1 atom stereocenters. The van der Waals surface area contributed by atoms with E-state index in [1.807, 2.05) is 43.3 Å². The lowest BCUT2D eigenvalue weighted by atomic mass is 10.1. The molecular formula is C18H15N3O2S2. The average Bonchev–Trinajstić information content (AvgIpc) is 2.99. The van der Waals surface area contributed by atoms with E-state index in [1.165, 1.54) is 11.8 Å². The summed E-state index contributed by atoms with van der Waals surface area (Å²) in [4.78, 5) is 23.5. The van der Waals surface area contributed by atoms with Crippen LogP contribution in [0.15, 0.2) is 52.6 Å². The predicted octanol–water partition coefficient (Wildman–Crippen LogP) is 3.07. The van der Waals surface area contributed by atoms with Gasteiger partial charge in [-0.2, -0.15) is 0 Å². The summed E-state index contributed by atoms with van der Waals surface area (Å²) < 4.78 is 5.65. The Balaban J connectivity index is 1.65. The fourth-order valence-corrected chi connectivity index (χ4v) is 4.34. The molecule has 2 aliphatic rings. The number of carbonyl (C=O) groups excluding carboxylic acids is 1. The number of para-hydroxylation sites is 1. The first-order chi connectivity index (χ1) is 12.2. The van der Waals surface area contributed by atoms with Gasteiger partial charge in [-0.25, -0.2) is 9.98 Å². The zero-order valence-corrected chi connectivity index (χ0v) is 15.1. The largest absolute Gasteiger partial charge is 0.494 e. The molecule has 2 aliphatic heterocycles. The van der Waals surface area contributed by atoms with Gasteiger partial charge in [-0.1, -0.05) is 30.0 Å². The Kier molecular flexibility index (Phi) is 4.27. The van der Waals surface area contributed by atoms with Crippen LogP contribution in [-0.2, 0) is 11.3 Å². The third-order valence-corrected chi connectivity index (χ3v) is 5.58. The molecule has 3 heterocycles. The van der Waals surface area contributed by atoms with Crippen molar-refractivity contribution in [2.75, 3.05) is 6.61 Å². The number of thiocarbonyl (C=S) groups is 1. The lowest BCUT2D eigenvalue weighted by molar-refractivity contribution is -0.126. The van der Waals surface area contributed by atoms with Gasteiger partial charge in [0.15, 0.2) is 0 Å². The van der Waals surface area contributed by atoms with E-state index in [4.69, 9.17) is 17.0 Å². The Hall–Kier alpha value is -2.25. The van der Waals surface area contributed by atoms with Gasteiger partial charge in [-0.3, -0.25) is 9.69 Å². The highest BCUT2D eigenvalue weighted by Crippen LogP contribution is 2.39. The summed E-state index contributed by atoms with van der Waals surface area (Å²) in [5.74, 6) is 0.712. The molecule has 0 aliphatic carbocycles. The van der Waals surface area contributed by atoms with Crippen molar-refractivity contribution in [2.24, 2.45) is 4.99 Å². The number of amides is 1. The summed E-state index contributed by atoms with van der Waals surface area (Å²) in [5, 5.41) is 0.745. The van der Waals surface area contributed by atoms with Crippen LogP contribution in [0.4, 0.5) is 0 Å². The van der Waals surface area contributed by atoms with Crippen LogP contribution in [0, 0.1) is 0 Å². The first-order valence-electron chi connectivity index (χ1n) is 7.95. The van der Waals surface area contributed by atoms with Crippen LogP contribution < -0.4 is 4.74 Å². The predicted molar refractivity (Wildman–Crippen MR) is 101 cm³/mol. The minimum atomic E-state index is -0.379. The Labute approximate surface area is 155 Å². The number of aromatic nitrogens is 1. The number of thioether (sulfide) groups is 1. The fraction of sp³-hybridized carbons (Fsp3) is 0.222. The molecule has 1 unspecified atom stereocenters. The molecule has 5 nitrogen and oxygen atoms in total. The van der Waals surface area contributed by atoms with Gasteiger partial charge in [0.2, 0.25) is 11.0 Å².